The molecule has 0 aliphatic carbocycles. The van der Waals surface area contributed by atoms with E-state index >= 15 is 0 Å². The van der Waals surface area contributed by atoms with Gasteiger partial charge in [0.2, 0.25) is 15.9 Å². The van der Waals surface area contributed by atoms with Crippen molar-refractivity contribution in [2.24, 2.45) is 0 Å². The van der Waals surface area contributed by atoms with Gasteiger partial charge in [0.15, 0.2) is 5.82 Å². The largest absolute Gasteiger partial charge is 0.323 e. The van der Waals surface area contributed by atoms with Crippen molar-refractivity contribution >= 4 is 21.6 Å². The molecule has 2 heterocycles. The molecule has 0 bridgehead atoms. The molecule has 3 aromatic rings. The molecule has 0 aliphatic rings. The van der Waals surface area contributed by atoms with Crippen LogP contribution in [0.4, 0.5) is 10.1 Å². The molecule has 0 aliphatic heterocycles. The van der Waals surface area contributed by atoms with E-state index in [1.807, 2.05) is 0 Å². The topological polar surface area (TPSA) is 119 Å². The summed E-state index contributed by atoms with van der Waals surface area (Å²) < 4.78 is 41.8. The molecule has 2 N–H and O–H groups in total. The average molecular weight is 390 g/mol. The molecule has 1 atom stereocenters. The highest BCUT2D eigenvalue weighted by Crippen LogP contribution is 2.14. The van der Waals surface area contributed by atoms with Crippen molar-refractivity contribution in [2.45, 2.75) is 17.9 Å². The predicted molar refractivity (Wildman–Crippen MR) is 94.0 cm³/mol. The van der Waals surface area contributed by atoms with E-state index in [9.17, 15) is 17.6 Å². The van der Waals surface area contributed by atoms with Crippen molar-refractivity contribution in [3.63, 3.8) is 0 Å². The second kappa shape index (κ2) is 7.60. The third-order valence-corrected chi connectivity index (χ3v) is 5.09. The Morgan fingerprint density at radius 1 is 1.22 bits per heavy atom. The summed E-state index contributed by atoms with van der Waals surface area (Å²) >= 11 is 0. The van der Waals surface area contributed by atoms with Gasteiger partial charge in [0.25, 0.3) is 0 Å². The van der Waals surface area contributed by atoms with Crippen molar-refractivity contribution in [1.82, 2.24) is 24.5 Å². The number of aromatic nitrogens is 4. The molecule has 140 valence electrons. The zero-order valence-electron chi connectivity index (χ0n) is 14.1. The van der Waals surface area contributed by atoms with E-state index in [1.54, 1.807) is 12.1 Å². The predicted octanol–water partition coefficient (Wildman–Crippen LogP) is 1.11. The number of anilines is 1. The summed E-state index contributed by atoms with van der Waals surface area (Å²) in [6.45, 7) is 1.35. The molecule has 9 nitrogen and oxygen atoms in total. The highest BCUT2D eigenvalue weighted by atomic mass is 32.2. The van der Waals surface area contributed by atoms with Crippen molar-refractivity contribution in [3.8, 4) is 5.82 Å². The number of nitrogens with zero attached hydrogens (tertiary/aromatic N) is 4. The summed E-state index contributed by atoms with van der Waals surface area (Å²) in [5.74, 6) is -1.02. The standard InChI is InChI=1S/C16H15FN6O3S/c1-11(22-27(25,26)14-5-3-2-4-13(14)17)16(24)21-12-6-7-15(19-8-12)23-10-18-9-20-23/h2-11,22H,1H3,(H,21,24)/t11-/m0/s1. The lowest BCUT2D eigenvalue weighted by Crippen LogP contribution is -2.41. The van der Waals surface area contributed by atoms with Crippen LogP contribution in [0.25, 0.3) is 5.82 Å². The molecule has 3 rings (SSSR count). The van der Waals surface area contributed by atoms with Gasteiger partial charge in [0.1, 0.15) is 23.4 Å². The molecule has 11 heteroatoms. The first-order valence-corrected chi connectivity index (χ1v) is 9.24. The Kier molecular flexibility index (Phi) is 5.23. The van der Waals surface area contributed by atoms with Gasteiger partial charge >= 0.3 is 0 Å². The van der Waals surface area contributed by atoms with Crippen LogP contribution in [0.1, 0.15) is 6.92 Å². The van der Waals surface area contributed by atoms with Crippen molar-refractivity contribution < 1.29 is 17.6 Å². The normalized spacial score (nSPS) is 12.5. The lowest BCUT2D eigenvalue weighted by molar-refractivity contribution is -0.117. The van der Waals surface area contributed by atoms with Crippen LogP contribution in [0.2, 0.25) is 0 Å². The van der Waals surface area contributed by atoms with E-state index < -0.39 is 32.7 Å². The van der Waals surface area contributed by atoms with Crippen LogP contribution in [-0.2, 0) is 14.8 Å². The number of halogens is 1. The number of pyridine rings is 1. The Morgan fingerprint density at radius 3 is 2.63 bits per heavy atom. The zero-order valence-corrected chi connectivity index (χ0v) is 14.9. The fraction of sp³-hybridized carbons (Fsp3) is 0.125. The quantitative estimate of drug-likeness (QED) is 0.651. The number of carbonyl (C=O) groups is 1. The fourth-order valence-electron chi connectivity index (χ4n) is 2.18. The van der Waals surface area contributed by atoms with Gasteiger partial charge in [-0.15, -0.1) is 0 Å². The van der Waals surface area contributed by atoms with E-state index in [0.29, 0.717) is 11.5 Å². The number of amides is 1. The highest BCUT2D eigenvalue weighted by Gasteiger charge is 2.24. The van der Waals surface area contributed by atoms with E-state index in [4.69, 9.17) is 0 Å². The lowest BCUT2D eigenvalue weighted by atomic mass is 10.3. The van der Waals surface area contributed by atoms with Gasteiger partial charge in [-0.1, -0.05) is 12.1 Å². The fourth-order valence-corrected chi connectivity index (χ4v) is 3.47. The number of sulfonamides is 1. The molecule has 0 saturated carbocycles. The second-order valence-corrected chi connectivity index (χ2v) is 7.19. The van der Waals surface area contributed by atoms with Gasteiger partial charge in [0, 0.05) is 0 Å². The Hall–Kier alpha value is -3.18. The monoisotopic (exact) mass is 390 g/mol. The molecule has 0 saturated heterocycles. The smallest absolute Gasteiger partial charge is 0.244 e. The SMILES string of the molecule is C[C@H](NS(=O)(=O)c1ccccc1F)C(=O)Nc1ccc(-n2cncn2)nc1. The molecule has 0 fully saturated rings. The molecule has 0 spiro atoms. The first kappa shape index (κ1) is 18.6. The zero-order chi connectivity index (χ0) is 19.4. The van der Waals surface area contributed by atoms with Crippen LogP contribution in [0.15, 0.2) is 60.1 Å². The van der Waals surface area contributed by atoms with E-state index in [-0.39, 0.29) is 0 Å². The van der Waals surface area contributed by atoms with Gasteiger partial charge < -0.3 is 5.32 Å². The maximum absolute atomic E-state index is 13.7. The third kappa shape index (κ3) is 4.33. The summed E-state index contributed by atoms with van der Waals surface area (Å²) in [7, 11) is -4.18. The van der Waals surface area contributed by atoms with Gasteiger partial charge in [-0.3, -0.25) is 4.79 Å². The molecule has 1 amide bonds. The summed E-state index contributed by atoms with van der Waals surface area (Å²) in [5, 5.41) is 6.47. The number of hydrogen-bond donors (Lipinski definition) is 2. The lowest BCUT2D eigenvalue weighted by Gasteiger charge is -2.15. The molecule has 2 aromatic heterocycles. The molecular formula is C16H15FN6O3S. The summed E-state index contributed by atoms with van der Waals surface area (Å²) in [4.78, 5) is 19.6. The maximum Gasteiger partial charge on any atom is 0.244 e. The van der Waals surface area contributed by atoms with Crippen LogP contribution in [-0.4, -0.2) is 40.1 Å². The first-order chi connectivity index (χ1) is 12.9. The number of benzene rings is 1. The minimum absolute atomic E-state index is 0.362. The van der Waals surface area contributed by atoms with Gasteiger partial charge in [-0.05, 0) is 31.2 Å². The Balaban J connectivity index is 1.66. The molecule has 1 aromatic carbocycles. The Morgan fingerprint density at radius 2 is 2.00 bits per heavy atom. The Bertz CT molecular complexity index is 1040. The van der Waals surface area contributed by atoms with E-state index in [2.05, 4.69) is 25.1 Å². The van der Waals surface area contributed by atoms with Crippen molar-refractivity contribution in [2.75, 3.05) is 5.32 Å². The second-order valence-electron chi connectivity index (χ2n) is 5.51. The minimum Gasteiger partial charge on any atom is -0.323 e. The molecular weight excluding hydrogens is 375 g/mol. The van der Waals surface area contributed by atoms with Gasteiger partial charge in [-0.25, -0.2) is 27.5 Å². The summed E-state index contributed by atoms with van der Waals surface area (Å²) in [5.41, 5.74) is 0.362. The third-order valence-electron chi connectivity index (χ3n) is 3.52. The Labute approximate surface area is 154 Å². The molecule has 0 unspecified atom stereocenters. The van der Waals surface area contributed by atoms with Crippen LogP contribution >= 0.6 is 0 Å². The van der Waals surface area contributed by atoms with Gasteiger partial charge in [-0.2, -0.15) is 9.82 Å². The molecule has 0 radical (unpaired) electrons. The maximum atomic E-state index is 13.7. The number of nitrogens with one attached hydrogen (secondary N) is 2. The van der Waals surface area contributed by atoms with E-state index in [0.717, 1.165) is 12.1 Å². The van der Waals surface area contributed by atoms with E-state index in [1.165, 1.54) is 42.6 Å². The summed E-state index contributed by atoms with van der Waals surface area (Å²) in [6, 6.07) is 6.98. The number of hydrogen-bond acceptors (Lipinski definition) is 6. The molecule has 27 heavy (non-hydrogen) atoms. The highest BCUT2D eigenvalue weighted by molar-refractivity contribution is 7.89. The number of carbonyl (C=O) groups excluding carboxylic acids is 1. The summed E-state index contributed by atoms with van der Waals surface area (Å²) in [6.07, 6.45) is 4.23. The number of rotatable bonds is 6. The van der Waals surface area contributed by atoms with Crippen LogP contribution in [0, 0.1) is 5.82 Å². The van der Waals surface area contributed by atoms with Crippen molar-refractivity contribution in [3.05, 3.63) is 61.1 Å². The first-order valence-electron chi connectivity index (χ1n) is 7.75. The average Bonchev–Trinajstić information content (AvgIpc) is 3.17. The van der Waals surface area contributed by atoms with Crippen LogP contribution in [0.3, 0.4) is 0 Å². The minimum atomic E-state index is -4.18. The van der Waals surface area contributed by atoms with Crippen molar-refractivity contribution in [1.29, 1.82) is 0 Å². The van der Waals surface area contributed by atoms with Gasteiger partial charge in [0.05, 0.1) is 17.9 Å². The van der Waals surface area contributed by atoms with Crippen LogP contribution in [0.5, 0.6) is 0 Å². The van der Waals surface area contributed by atoms with Crippen LogP contribution < -0.4 is 10.0 Å².